The van der Waals surface area contributed by atoms with Crippen LogP contribution in [0.1, 0.15) is 29.9 Å². The molecule has 1 aromatic rings. The summed E-state index contributed by atoms with van der Waals surface area (Å²) in [5.74, 6) is 2.51. The Kier molecular flexibility index (Phi) is 2.93. The Labute approximate surface area is 102 Å². The van der Waals surface area contributed by atoms with Gasteiger partial charge in [-0.25, -0.2) is 0 Å². The summed E-state index contributed by atoms with van der Waals surface area (Å²) >= 11 is 0. The van der Waals surface area contributed by atoms with Crippen molar-refractivity contribution < 1.29 is 9.47 Å². The van der Waals surface area contributed by atoms with Crippen LogP contribution < -0.4 is 14.8 Å². The van der Waals surface area contributed by atoms with Crippen LogP contribution in [0.25, 0.3) is 0 Å². The molecule has 0 bridgehead atoms. The Morgan fingerprint density at radius 3 is 3.12 bits per heavy atom. The highest BCUT2D eigenvalue weighted by Crippen LogP contribution is 2.41. The van der Waals surface area contributed by atoms with Gasteiger partial charge in [0, 0.05) is 18.5 Å². The Balaban J connectivity index is 1.97. The van der Waals surface area contributed by atoms with E-state index in [1.54, 1.807) is 7.11 Å². The molecule has 0 aromatic heterocycles. The van der Waals surface area contributed by atoms with E-state index in [1.807, 2.05) is 6.07 Å². The second kappa shape index (κ2) is 4.57. The first-order chi connectivity index (χ1) is 8.40. The minimum atomic E-state index is 0.644. The molecule has 1 unspecified atom stereocenters. The smallest absolute Gasteiger partial charge is 0.164 e. The monoisotopic (exact) mass is 233 g/mol. The summed E-state index contributed by atoms with van der Waals surface area (Å²) in [5.41, 5.74) is 2.84. The number of hydrogen-bond donors (Lipinski definition) is 1. The van der Waals surface area contributed by atoms with Crippen LogP contribution in [-0.4, -0.2) is 26.8 Å². The fourth-order valence-corrected chi connectivity index (χ4v) is 2.95. The molecule has 3 rings (SSSR count). The molecule has 2 aliphatic heterocycles. The van der Waals surface area contributed by atoms with Gasteiger partial charge in [0.1, 0.15) is 0 Å². The minimum absolute atomic E-state index is 0.644. The summed E-state index contributed by atoms with van der Waals surface area (Å²) in [6.07, 6.45) is 3.58. The number of nitrogens with one attached hydrogen (secondary N) is 1. The maximum Gasteiger partial charge on any atom is 0.164 e. The molecule has 17 heavy (non-hydrogen) atoms. The summed E-state index contributed by atoms with van der Waals surface area (Å²) in [7, 11) is 1.71. The van der Waals surface area contributed by atoms with E-state index >= 15 is 0 Å². The van der Waals surface area contributed by atoms with Crippen molar-refractivity contribution in [2.24, 2.45) is 0 Å². The van der Waals surface area contributed by atoms with Crippen molar-refractivity contribution in [1.29, 1.82) is 0 Å². The first-order valence-corrected chi connectivity index (χ1v) is 6.43. The summed E-state index contributed by atoms with van der Waals surface area (Å²) < 4.78 is 11.1. The predicted molar refractivity (Wildman–Crippen MR) is 67.0 cm³/mol. The largest absolute Gasteiger partial charge is 0.493 e. The number of hydrogen-bond acceptors (Lipinski definition) is 3. The fourth-order valence-electron chi connectivity index (χ4n) is 2.95. The van der Waals surface area contributed by atoms with Gasteiger partial charge in [0.05, 0.1) is 13.7 Å². The lowest BCUT2D eigenvalue weighted by Gasteiger charge is -2.25. The zero-order valence-corrected chi connectivity index (χ0v) is 10.3. The van der Waals surface area contributed by atoms with Crippen molar-refractivity contribution in [3.8, 4) is 11.5 Å². The molecule has 2 aliphatic rings. The Hall–Kier alpha value is -1.22. The van der Waals surface area contributed by atoms with Crippen LogP contribution in [0.5, 0.6) is 11.5 Å². The third kappa shape index (κ3) is 1.89. The molecule has 1 fully saturated rings. The van der Waals surface area contributed by atoms with Gasteiger partial charge in [-0.15, -0.1) is 0 Å². The van der Waals surface area contributed by atoms with E-state index in [1.165, 1.54) is 24.0 Å². The third-order valence-corrected chi connectivity index (χ3v) is 3.82. The molecule has 3 nitrogen and oxygen atoms in total. The van der Waals surface area contributed by atoms with Gasteiger partial charge in [-0.3, -0.25) is 0 Å². The lowest BCUT2D eigenvalue weighted by molar-refractivity contribution is 0.326. The molecule has 0 radical (unpaired) electrons. The molecular formula is C14H19NO2. The number of methoxy groups -OCH3 is 1. The average Bonchev–Trinajstić information content (AvgIpc) is 2.88. The minimum Gasteiger partial charge on any atom is -0.493 e. The fraction of sp³-hybridized carbons (Fsp3) is 0.571. The van der Waals surface area contributed by atoms with Crippen LogP contribution >= 0.6 is 0 Å². The molecule has 1 N–H and O–H groups in total. The molecule has 3 heteroatoms. The standard InChI is InChI=1S/C14H19NO2/c1-16-13-5-4-11(10-3-2-7-15-9-10)12-6-8-17-14(12)13/h4-5,10,15H,2-3,6-9H2,1H3. The van der Waals surface area contributed by atoms with E-state index in [2.05, 4.69) is 11.4 Å². The Morgan fingerprint density at radius 2 is 2.35 bits per heavy atom. The predicted octanol–water partition coefficient (Wildman–Crippen LogP) is 2.10. The molecule has 2 heterocycles. The quantitative estimate of drug-likeness (QED) is 0.848. The van der Waals surface area contributed by atoms with Crippen LogP contribution in [0, 0.1) is 0 Å². The van der Waals surface area contributed by atoms with Crippen molar-refractivity contribution >= 4 is 0 Å². The zero-order chi connectivity index (χ0) is 11.7. The number of piperidine rings is 1. The van der Waals surface area contributed by atoms with Crippen molar-refractivity contribution in [2.45, 2.75) is 25.2 Å². The summed E-state index contributed by atoms with van der Waals surface area (Å²) in [4.78, 5) is 0. The van der Waals surface area contributed by atoms with Gasteiger partial charge in [-0.2, -0.15) is 0 Å². The van der Waals surface area contributed by atoms with E-state index in [-0.39, 0.29) is 0 Å². The summed E-state index contributed by atoms with van der Waals surface area (Å²) in [6.45, 7) is 3.05. The van der Waals surface area contributed by atoms with Gasteiger partial charge in [0.25, 0.3) is 0 Å². The summed E-state index contributed by atoms with van der Waals surface area (Å²) in [6, 6.07) is 4.28. The number of rotatable bonds is 2. The topological polar surface area (TPSA) is 30.5 Å². The molecular weight excluding hydrogens is 214 g/mol. The van der Waals surface area contributed by atoms with Crippen LogP contribution in [0.3, 0.4) is 0 Å². The zero-order valence-electron chi connectivity index (χ0n) is 10.3. The highest BCUT2D eigenvalue weighted by atomic mass is 16.5. The van der Waals surface area contributed by atoms with Gasteiger partial charge < -0.3 is 14.8 Å². The number of benzene rings is 1. The lowest BCUT2D eigenvalue weighted by Crippen LogP contribution is -2.28. The maximum atomic E-state index is 5.71. The van der Waals surface area contributed by atoms with Crippen LogP contribution in [0.4, 0.5) is 0 Å². The van der Waals surface area contributed by atoms with Gasteiger partial charge in [-0.05, 0) is 36.9 Å². The SMILES string of the molecule is COc1ccc(C2CCCNC2)c2c1OCC2. The highest BCUT2D eigenvalue weighted by Gasteiger charge is 2.25. The van der Waals surface area contributed by atoms with E-state index in [9.17, 15) is 0 Å². The molecule has 0 aliphatic carbocycles. The van der Waals surface area contributed by atoms with Crippen LogP contribution in [0.15, 0.2) is 12.1 Å². The van der Waals surface area contributed by atoms with Gasteiger partial charge in [0.2, 0.25) is 0 Å². The van der Waals surface area contributed by atoms with Gasteiger partial charge >= 0.3 is 0 Å². The van der Waals surface area contributed by atoms with E-state index in [4.69, 9.17) is 9.47 Å². The van der Waals surface area contributed by atoms with E-state index in [0.29, 0.717) is 5.92 Å². The highest BCUT2D eigenvalue weighted by molar-refractivity contribution is 5.54. The number of fused-ring (bicyclic) bond motifs is 1. The normalized spacial score (nSPS) is 23.0. The third-order valence-electron chi connectivity index (χ3n) is 3.82. The molecule has 92 valence electrons. The molecule has 0 saturated carbocycles. The molecule has 0 amide bonds. The average molecular weight is 233 g/mol. The van der Waals surface area contributed by atoms with Crippen LogP contribution in [0.2, 0.25) is 0 Å². The van der Waals surface area contributed by atoms with Crippen molar-refractivity contribution in [2.75, 3.05) is 26.8 Å². The van der Waals surface area contributed by atoms with Gasteiger partial charge in [0.15, 0.2) is 11.5 Å². The van der Waals surface area contributed by atoms with E-state index in [0.717, 1.165) is 37.6 Å². The van der Waals surface area contributed by atoms with Crippen molar-refractivity contribution in [3.63, 3.8) is 0 Å². The van der Waals surface area contributed by atoms with E-state index < -0.39 is 0 Å². The van der Waals surface area contributed by atoms with Gasteiger partial charge in [-0.1, -0.05) is 6.07 Å². The molecule has 1 saturated heterocycles. The Morgan fingerprint density at radius 1 is 1.41 bits per heavy atom. The molecule has 1 aromatic carbocycles. The number of ether oxygens (including phenoxy) is 2. The first kappa shape index (κ1) is 10.9. The second-order valence-corrected chi connectivity index (χ2v) is 4.81. The molecule has 0 spiro atoms. The van der Waals surface area contributed by atoms with Crippen molar-refractivity contribution in [1.82, 2.24) is 5.32 Å². The molecule has 1 atom stereocenters. The van der Waals surface area contributed by atoms with Crippen molar-refractivity contribution in [3.05, 3.63) is 23.3 Å². The lowest BCUT2D eigenvalue weighted by atomic mass is 9.87. The Bertz CT molecular complexity index is 411. The second-order valence-electron chi connectivity index (χ2n) is 4.81. The first-order valence-electron chi connectivity index (χ1n) is 6.43. The maximum absolute atomic E-state index is 5.71. The van der Waals surface area contributed by atoms with Crippen LogP contribution in [-0.2, 0) is 6.42 Å². The summed E-state index contributed by atoms with van der Waals surface area (Å²) in [5, 5.41) is 3.48.